The average molecular weight is 419 g/mol. The van der Waals surface area contributed by atoms with Gasteiger partial charge in [0.2, 0.25) is 11.9 Å². The van der Waals surface area contributed by atoms with Crippen LogP contribution in [0.15, 0.2) is 35.1 Å². The van der Waals surface area contributed by atoms with Crippen LogP contribution in [0.2, 0.25) is 0 Å². The Morgan fingerprint density at radius 3 is 2.45 bits per heavy atom. The maximum atomic E-state index is 13.7. The molecule has 0 spiro atoms. The summed E-state index contributed by atoms with van der Waals surface area (Å²) in [6.45, 7) is 4.72. The fourth-order valence-electron chi connectivity index (χ4n) is 4.16. The number of rotatable bonds is 6. The highest BCUT2D eigenvalue weighted by atomic mass is 16.1. The van der Waals surface area contributed by atoms with Crippen LogP contribution < -0.4 is 15.4 Å². The van der Waals surface area contributed by atoms with Crippen molar-refractivity contribution >= 4 is 23.1 Å². The third-order valence-corrected chi connectivity index (χ3v) is 5.74. The Bertz CT molecular complexity index is 1160. The predicted octanol–water partition coefficient (Wildman–Crippen LogP) is 2.92. The van der Waals surface area contributed by atoms with Gasteiger partial charge >= 0.3 is 0 Å². The minimum Gasteiger partial charge on any atom is -0.348 e. The lowest BCUT2D eigenvalue weighted by molar-refractivity contribution is 0.561. The van der Waals surface area contributed by atoms with E-state index < -0.39 is 0 Å². The maximum Gasteiger partial charge on any atom is 0.281 e. The van der Waals surface area contributed by atoms with Crippen LogP contribution in [0.4, 0.5) is 11.9 Å². The molecule has 3 aromatic rings. The molecule has 31 heavy (non-hydrogen) atoms. The number of hydrogen-bond donors (Lipinski definition) is 0. The van der Waals surface area contributed by atoms with E-state index in [2.05, 4.69) is 28.9 Å². The molecular formula is C24H30N6O. The van der Waals surface area contributed by atoms with Crippen molar-refractivity contribution in [3.8, 4) is 11.8 Å². The molecule has 0 saturated carbocycles. The lowest BCUT2D eigenvalue weighted by Crippen LogP contribution is -2.33. The summed E-state index contributed by atoms with van der Waals surface area (Å²) < 4.78 is 3.73. The number of anilines is 2. The first-order chi connectivity index (χ1) is 15.1. The number of imidazole rings is 1. The van der Waals surface area contributed by atoms with E-state index in [9.17, 15) is 4.79 Å². The van der Waals surface area contributed by atoms with E-state index in [0.29, 0.717) is 30.2 Å². The van der Waals surface area contributed by atoms with E-state index in [4.69, 9.17) is 9.97 Å². The molecule has 1 aliphatic rings. The molecule has 0 atom stereocenters. The Morgan fingerprint density at radius 2 is 1.77 bits per heavy atom. The molecule has 0 N–H and O–H groups in total. The molecule has 4 rings (SSSR count). The Hall–Kier alpha value is -3.27. The van der Waals surface area contributed by atoms with Crippen molar-refractivity contribution in [3.63, 3.8) is 0 Å². The van der Waals surface area contributed by atoms with Gasteiger partial charge < -0.3 is 9.80 Å². The number of aromatic nitrogens is 4. The zero-order valence-electron chi connectivity index (χ0n) is 18.6. The van der Waals surface area contributed by atoms with Gasteiger partial charge in [0.25, 0.3) is 5.56 Å². The van der Waals surface area contributed by atoms with Crippen LogP contribution in [0.5, 0.6) is 0 Å². The molecule has 1 fully saturated rings. The first-order valence-corrected chi connectivity index (χ1v) is 11.0. The summed E-state index contributed by atoms with van der Waals surface area (Å²) in [5.41, 5.74) is 2.18. The van der Waals surface area contributed by atoms with Crippen molar-refractivity contribution in [2.45, 2.75) is 45.7 Å². The molecule has 0 radical (unpaired) electrons. The largest absolute Gasteiger partial charge is 0.348 e. The van der Waals surface area contributed by atoms with Gasteiger partial charge in [-0.2, -0.15) is 9.97 Å². The molecule has 0 bridgehead atoms. The van der Waals surface area contributed by atoms with Crippen LogP contribution in [-0.4, -0.2) is 46.3 Å². The summed E-state index contributed by atoms with van der Waals surface area (Å²) in [6.07, 6.45) is 4.28. The van der Waals surface area contributed by atoms with Gasteiger partial charge in [-0.25, -0.2) is 0 Å². The normalized spacial score (nSPS) is 13.8. The van der Waals surface area contributed by atoms with Crippen LogP contribution >= 0.6 is 0 Å². The zero-order chi connectivity index (χ0) is 21.8. The van der Waals surface area contributed by atoms with Crippen molar-refractivity contribution in [2.24, 2.45) is 0 Å². The highest BCUT2D eigenvalue weighted by Gasteiger charge is 2.24. The Kier molecular flexibility index (Phi) is 6.26. The van der Waals surface area contributed by atoms with E-state index in [-0.39, 0.29) is 5.56 Å². The molecule has 7 nitrogen and oxygen atoms in total. The minimum absolute atomic E-state index is 0.0571. The highest BCUT2D eigenvalue weighted by Crippen LogP contribution is 2.24. The maximum absolute atomic E-state index is 13.7. The van der Waals surface area contributed by atoms with E-state index in [0.717, 1.165) is 38.3 Å². The lowest BCUT2D eigenvalue weighted by Gasteiger charge is -2.27. The number of hydrogen-bond acceptors (Lipinski definition) is 5. The molecule has 1 saturated heterocycles. The average Bonchev–Trinajstić information content (AvgIpc) is 3.17. The second-order valence-corrected chi connectivity index (χ2v) is 8.14. The van der Waals surface area contributed by atoms with E-state index in [1.54, 1.807) is 4.57 Å². The van der Waals surface area contributed by atoms with Crippen molar-refractivity contribution in [1.82, 2.24) is 19.1 Å². The summed E-state index contributed by atoms with van der Waals surface area (Å²) in [5.74, 6) is 7.52. The molecule has 162 valence electrons. The van der Waals surface area contributed by atoms with E-state index in [1.165, 1.54) is 12.0 Å². The number of aryl methyl sites for hydroxylation is 1. The van der Waals surface area contributed by atoms with Gasteiger partial charge in [-0.05, 0) is 38.2 Å². The van der Waals surface area contributed by atoms with Gasteiger partial charge in [-0.3, -0.25) is 13.9 Å². The SMILES string of the molecule is CC#CCn1c(N2CCCCC2)nc2nc(N(C)C)n(CCc3ccccc3)c(=O)c21. The van der Waals surface area contributed by atoms with Crippen molar-refractivity contribution < 1.29 is 0 Å². The molecule has 0 amide bonds. The predicted molar refractivity (Wildman–Crippen MR) is 126 cm³/mol. The van der Waals surface area contributed by atoms with Gasteiger partial charge in [0, 0.05) is 33.7 Å². The second kappa shape index (κ2) is 9.25. The van der Waals surface area contributed by atoms with Crippen molar-refractivity contribution in [1.29, 1.82) is 0 Å². The summed E-state index contributed by atoms with van der Waals surface area (Å²) in [5, 5.41) is 0. The minimum atomic E-state index is -0.0571. The van der Waals surface area contributed by atoms with Crippen molar-refractivity contribution in [3.05, 3.63) is 46.2 Å². The van der Waals surface area contributed by atoms with Gasteiger partial charge in [-0.1, -0.05) is 36.3 Å². The summed E-state index contributed by atoms with van der Waals surface area (Å²) in [6, 6.07) is 10.2. The second-order valence-electron chi connectivity index (χ2n) is 8.14. The highest BCUT2D eigenvalue weighted by molar-refractivity contribution is 5.76. The third kappa shape index (κ3) is 4.29. The summed E-state index contributed by atoms with van der Waals surface area (Å²) in [7, 11) is 3.83. The van der Waals surface area contributed by atoms with Crippen LogP contribution in [0, 0.1) is 11.8 Å². The quantitative estimate of drug-likeness (QED) is 0.576. The number of fused-ring (bicyclic) bond motifs is 1. The van der Waals surface area contributed by atoms with Crippen LogP contribution in [-0.2, 0) is 19.5 Å². The smallest absolute Gasteiger partial charge is 0.281 e. The number of benzene rings is 1. The zero-order valence-corrected chi connectivity index (χ0v) is 18.6. The number of piperidine rings is 1. The Morgan fingerprint density at radius 1 is 1.03 bits per heavy atom. The molecule has 2 aromatic heterocycles. The Balaban J connectivity index is 1.84. The van der Waals surface area contributed by atoms with Gasteiger partial charge in [-0.15, -0.1) is 5.92 Å². The fraction of sp³-hybridized carbons (Fsp3) is 0.458. The van der Waals surface area contributed by atoms with Gasteiger partial charge in [0.15, 0.2) is 11.2 Å². The third-order valence-electron chi connectivity index (χ3n) is 5.74. The van der Waals surface area contributed by atoms with Crippen LogP contribution in [0.3, 0.4) is 0 Å². The first-order valence-electron chi connectivity index (χ1n) is 11.0. The molecule has 3 heterocycles. The number of nitrogens with zero attached hydrogens (tertiary/aromatic N) is 6. The molecule has 0 unspecified atom stereocenters. The van der Waals surface area contributed by atoms with Crippen LogP contribution in [0.1, 0.15) is 31.7 Å². The summed E-state index contributed by atoms with van der Waals surface area (Å²) >= 11 is 0. The molecule has 1 aliphatic heterocycles. The fourth-order valence-corrected chi connectivity index (χ4v) is 4.16. The van der Waals surface area contributed by atoms with Gasteiger partial charge in [0.05, 0.1) is 6.54 Å². The first kappa shape index (κ1) is 21.0. The molecule has 0 aliphatic carbocycles. The molecule has 7 heteroatoms. The summed E-state index contributed by atoms with van der Waals surface area (Å²) in [4.78, 5) is 27.5. The molecular weight excluding hydrogens is 388 g/mol. The van der Waals surface area contributed by atoms with E-state index in [1.807, 2.05) is 48.7 Å². The standard InChI is InChI=1S/C24H30N6O/c1-4-5-17-29-20-21(26-24(29)28-15-10-7-11-16-28)25-23(27(2)3)30(22(20)31)18-14-19-12-8-6-9-13-19/h6,8-9,12-13H,7,10-11,14-18H2,1-3H3. The van der Waals surface area contributed by atoms with Crippen LogP contribution in [0.25, 0.3) is 11.2 Å². The van der Waals surface area contributed by atoms with Gasteiger partial charge in [0.1, 0.15) is 0 Å². The van der Waals surface area contributed by atoms with E-state index >= 15 is 0 Å². The topological polar surface area (TPSA) is 59.2 Å². The van der Waals surface area contributed by atoms with Crippen molar-refractivity contribution in [2.75, 3.05) is 37.0 Å². The Labute approximate surface area is 183 Å². The monoisotopic (exact) mass is 418 g/mol. The lowest BCUT2D eigenvalue weighted by atomic mass is 10.1. The molecule has 1 aromatic carbocycles.